The SMILES string of the molecule is CC.CCCCCCCCC(CCCCCCC)OC(=O)CCN(CCCCO)CCC(=O)OC1CCC2(C)C(=CC=C3C2CCC2(C)C3CCC2C(C)/C=C/C(C)C(C)C)C1. The Hall–Kier alpha value is -1.92. The first-order valence-corrected chi connectivity index (χ1v) is 26.7. The third kappa shape index (κ3) is 16.5. The number of unbranched alkanes of at least 4 members (excludes halogenated alkanes) is 10. The van der Waals surface area contributed by atoms with Gasteiger partial charge in [0.15, 0.2) is 0 Å². The van der Waals surface area contributed by atoms with E-state index < -0.39 is 0 Å². The number of aliphatic hydroxyl groups excluding tert-OH is 1. The molecule has 0 saturated heterocycles. The number of esters is 2. The summed E-state index contributed by atoms with van der Waals surface area (Å²) < 4.78 is 12.3. The third-order valence-corrected chi connectivity index (χ3v) is 16.3. The van der Waals surface area contributed by atoms with Gasteiger partial charge in [-0.3, -0.25) is 9.59 Å². The largest absolute Gasteiger partial charge is 0.462 e. The molecule has 9 unspecified atom stereocenters. The van der Waals surface area contributed by atoms with Gasteiger partial charge in [-0.1, -0.05) is 162 Å². The number of ether oxygens (including phenoxy) is 2. The summed E-state index contributed by atoms with van der Waals surface area (Å²) in [6, 6.07) is 0. The zero-order valence-corrected chi connectivity index (χ0v) is 42.3. The first-order chi connectivity index (χ1) is 29.9. The molecule has 9 atom stereocenters. The Morgan fingerprint density at radius 2 is 1.37 bits per heavy atom. The van der Waals surface area contributed by atoms with E-state index in [0.29, 0.717) is 67.4 Å². The lowest BCUT2D eigenvalue weighted by Crippen LogP contribution is -2.46. The van der Waals surface area contributed by atoms with Crippen molar-refractivity contribution < 1.29 is 24.2 Å². The number of hydrogen-bond donors (Lipinski definition) is 1. The van der Waals surface area contributed by atoms with Crippen molar-refractivity contribution in [3.8, 4) is 0 Å². The van der Waals surface area contributed by atoms with Crippen molar-refractivity contribution in [2.75, 3.05) is 26.2 Å². The number of carbonyl (C=O) groups excluding carboxylic acids is 2. The zero-order valence-electron chi connectivity index (χ0n) is 42.3. The van der Waals surface area contributed by atoms with Gasteiger partial charge in [-0.05, 0) is 130 Å². The molecule has 358 valence electrons. The number of fused-ring (bicyclic) bond motifs is 5. The van der Waals surface area contributed by atoms with E-state index in [1.165, 1.54) is 89.0 Å². The minimum Gasteiger partial charge on any atom is -0.462 e. The quantitative estimate of drug-likeness (QED) is 0.0459. The maximum absolute atomic E-state index is 13.4. The topological polar surface area (TPSA) is 76.1 Å². The van der Waals surface area contributed by atoms with Crippen molar-refractivity contribution in [2.24, 2.45) is 46.3 Å². The standard InChI is InChI=1S/C54H93NO5.C2H6/c1-9-11-13-15-17-19-23-45(22-18-16-14-12-10-2)59-51(57)32-37-55(36-20-21-39-56)38-33-52(58)60-46-30-34-53(7)44(40-46)26-27-47-49-29-28-48(54(49,8)35-31-50(47)53)43(6)25-24-42(5)41(3)4;1-2/h24-27,41-43,45-46,48-50,56H,9-23,28-40H2,1-8H3;1-2H3/b25-24+;. The van der Waals surface area contributed by atoms with Crippen LogP contribution < -0.4 is 0 Å². The van der Waals surface area contributed by atoms with Crippen LogP contribution in [0, 0.1) is 46.3 Å². The van der Waals surface area contributed by atoms with Crippen LogP contribution in [-0.2, 0) is 19.1 Å². The first-order valence-electron chi connectivity index (χ1n) is 26.7. The van der Waals surface area contributed by atoms with Crippen LogP contribution >= 0.6 is 0 Å². The maximum Gasteiger partial charge on any atom is 0.307 e. The summed E-state index contributed by atoms with van der Waals surface area (Å²) in [5.74, 6) is 3.70. The summed E-state index contributed by atoms with van der Waals surface area (Å²) in [6.45, 7) is 25.1. The second-order valence-electron chi connectivity index (χ2n) is 21.0. The number of nitrogens with zero attached hydrogens (tertiary/aromatic N) is 1. The molecule has 0 aromatic heterocycles. The van der Waals surface area contributed by atoms with Crippen LogP contribution in [-0.4, -0.2) is 60.4 Å². The van der Waals surface area contributed by atoms with Gasteiger partial charge in [0, 0.05) is 26.1 Å². The number of aliphatic hydroxyl groups is 1. The minimum absolute atomic E-state index is 0.00930. The van der Waals surface area contributed by atoms with Crippen LogP contribution in [0.2, 0.25) is 0 Å². The zero-order chi connectivity index (χ0) is 45.5. The van der Waals surface area contributed by atoms with Crippen molar-refractivity contribution in [3.05, 3.63) is 35.5 Å². The lowest BCUT2D eigenvalue weighted by atomic mass is 9.50. The number of allylic oxidation sites excluding steroid dienone is 5. The fourth-order valence-corrected chi connectivity index (χ4v) is 11.8. The molecule has 4 aliphatic rings. The number of carbonyl (C=O) groups is 2. The van der Waals surface area contributed by atoms with Crippen molar-refractivity contribution in [2.45, 2.75) is 236 Å². The second kappa shape index (κ2) is 28.9. The van der Waals surface area contributed by atoms with Crippen LogP contribution in [0.1, 0.15) is 223 Å². The van der Waals surface area contributed by atoms with Gasteiger partial charge >= 0.3 is 11.9 Å². The van der Waals surface area contributed by atoms with Crippen LogP contribution in [0.25, 0.3) is 0 Å². The van der Waals surface area contributed by atoms with E-state index in [1.54, 1.807) is 5.57 Å². The Balaban J connectivity index is 0.00000504. The normalized spacial score (nSPS) is 27.0. The average molecular weight is 866 g/mol. The van der Waals surface area contributed by atoms with Crippen molar-refractivity contribution in [3.63, 3.8) is 0 Å². The molecule has 0 bridgehead atoms. The molecule has 0 aliphatic heterocycles. The molecule has 6 nitrogen and oxygen atoms in total. The van der Waals surface area contributed by atoms with Gasteiger partial charge in [-0.2, -0.15) is 0 Å². The van der Waals surface area contributed by atoms with E-state index in [9.17, 15) is 14.7 Å². The van der Waals surface area contributed by atoms with Crippen molar-refractivity contribution in [1.29, 1.82) is 0 Å². The predicted molar refractivity (Wildman–Crippen MR) is 262 cm³/mol. The lowest BCUT2D eigenvalue weighted by Gasteiger charge is -2.55. The molecule has 0 aromatic rings. The fourth-order valence-electron chi connectivity index (χ4n) is 11.8. The molecule has 0 heterocycles. The van der Waals surface area contributed by atoms with Gasteiger partial charge in [-0.25, -0.2) is 0 Å². The van der Waals surface area contributed by atoms with E-state index in [-0.39, 0.29) is 36.2 Å². The Morgan fingerprint density at radius 1 is 0.742 bits per heavy atom. The van der Waals surface area contributed by atoms with Crippen molar-refractivity contribution >= 4 is 11.9 Å². The molecule has 3 fully saturated rings. The summed E-state index contributed by atoms with van der Waals surface area (Å²) in [5, 5.41) is 9.46. The van der Waals surface area contributed by atoms with Gasteiger partial charge in [0.25, 0.3) is 0 Å². The summed E-state index contributed by atoms with van der Waals surface area (Å²) in [7, 11) is 0. The molecule has 62 heavy (non-hydrogen) atoms. The van der Waals surface area contributed by atoms with Gasteiger partial charge in [-0.15, -0.1) is 0 Å². The van der Waals surface area contributed by atoms with Crippen molar-refractivity contribution in [1.82, 2.24) is 4.90 Å². The highest BCUT2D eigenvalue weighted by Crippen LogP contribution is 2.66. The van der Waals surface area contributed by atoms with Gasteiger partial charge in [0.1, 0.15) is 12.2 Å². The molecule has 0 aromatic carbocycles. The third-order valence-electron chi connectivity index (χ3n) is 16.3. The monoisotopic (exact) mass is 866 g/mol. The predicted octanol–water partition coefficient (Wildman–Crippen LogP) is 14.8. The number of rotatable bonds is 29. The van der Waals surface area contributed by atoms with E-state index in [2.05, 4.69) is 84.6 Å². The highest BCUT2D eigenvalue weighted by molar-refractivity contribution is 5.70. The minimum atomic E-state index is -0.135. The lowest BCUT2D eigenvalue weighted by molar-refractivity contribution is -0.151. The first kappa shape index (κ1) is 54.4. The van der Waals surface area contributed by atoms with Crippen LogP contribution in [0.4, 0.5) is 0 Å². The molecule has 0 radical (unpaired) electrons. The molecule has 1 N–H and O–H groups in total. The fraction of sp³-hybridized carbons (Fsp3) is 0.857. The van der Waals surface area contributed by atoms with E-state index in [1.807, 2.05) is 13.8 Å². The van der Waals surface area contributed by atoms with E-state index in [0.717, 1.165) is 63.8 Å². The van der Waals surface area contributed by atoms with Crippen LogP contribution in [0.3, 0.4) is 0 Å². The molecule has 3 saturated carbocycles. The highest BCUT2D eigenvalue weighted by Gasteiger charge is 2.57. The Bertz CT molecular complexity index is 1370. The second-order valence-corrected chi connectivity index (χ2v) is 21.0. The summed E-state index contributed by atoms with van der Waals surface area (Å²) in [4.78, 5) is 28.8. The average Bonchev–Trinajstić information content (AvgIpc) is 3.62. The molecular weight excluding hydrogens is 767 g/mol. The number of hydrogen-bond acceptors (Lipinski definition) is 6. The molecule has 0 spiro atoms. The van der Waals surface area contributed by atoms with Gasteiger partial charge in [0.05, 0.1) is 12.8 Å². The Kier molecular flexibility index (Phi) is 25.3. The van der Waals surface area contributed by atoms with Crippen LogP contribution in [0.5, 0.6) is 0 Å². The molecule has 6 heteroatoms. The summed E-state index contributed by atoms with van der Waals surface area (Å²) >= 11 is 0. The highest BCUT2D eigenvalue weighted by atomic mass is 16.5. The summed E-state index contributed by atoms with van der Waals surface area (Å²) in [5.41, 5.74) is 3.74. The van der Waals surface area contributed by atoms with Crippen LogP contribution in [0.15, 0.2) is 35.5 Å². The van der Waals surface area contributed by atoms with E-state index in [4.69, 9.17) is 9.47 Å². The van der Waals surface area contributed by atoms with Gasteiger partial charge in [0.2, 0.25) is 0 Å². The van der Waals surface area contributed by atoms with E-state index >= 15 is 0 Å². The summed E-state index contributed by atoms with van der Waals surface area (Å²) in [6.07, 6.45) is 35.7. The Morgan fingerprint density at radius 3 is 2.00 bits per heavy atom. The molecule has 0 amide bonds. The smallest absolute Gasteiger partial charge is 0.307 e. The maximum atomic E-state index is 13.4. The van der Waals surface area contributed by atoms with Gasteiger partial charge < -0.3 is 19.5 Å². The Labute approximate surface area is 383 Å². The molecule has 4 aliphatic carbocycles. The molecular formula is C56H99NO5. The molecule has 4 rings (SSSR count).